The van der Waals surface area contributed by atoms with E-state index in [-0.39, 0.29) is 23.9 Å². The fourth-order valence-corrected chi connectivity index (χ4v) is 3.66. The minimum Gasteiger partial charge on any atom is -0.497 e. The summed E-state index contributed by atoms with van der Waals surface area (Å²) in [6, 6.07) is 11.5. The molecule has 1 atom stereocenters. The first-order valence-electron chi connectivity index (χ1n) is 9.84. The number of hydrogen-bond donors (Lipinski definition) is 1. The average molecular weight is 417 g/mol. The molecule has 5 nitrogen and oxygen atoms in total. The standard InChI is InChI=1S/C22H22F3N3O2/c1-29-17-10-5-14(6-11-17)4-7-15-8-9-16(13-18(15)22(23,24)25)20-27-21(30-28-20)19-3-2-12-26-19/h5-6,8-11,13,19,26H,2-4,7,12H2,1H3/t19-/m0/s1. The van der Waals surface area contributed by atoms with Gasteiger partial charge in [0.1, 0.15) is 5.75 Å². The lowest BCUT2D eigenvalue weighted by Gasteiger charge is -2.14. The van der Waals surface area contributed by atoms with E-state index in [9.17, 15) is 13.2 Å². The van der Waals surface area contributed by atoms with Crippen molar-refractivity contribution in [2.24, 2.45) is 0 Å². The summed E-state index contributed by atoms with van der Waals surface area (Å²) < 4.78 is 51.6. The summed E-state index contributed by atoms with van der Waals surface area (Å²) in [4.78, 5) is 4.31. The Hall–Kier alpha value is -2.87. The number of benzene rings is 2. The highest BCUT2D eigenvalue weighted by Crippen LogP contribution is 2.35. The Kier molecular flexibility index (Phi) is 5.76. The van der Waals surface area contributed by atoms with Crippen molar-refractivity contribution in [1.29, 1.82) is 0 Å². The van der Waals surface area contributed by atoms with Gasteiger partial charge in [0, 0.05) is 5.56 Å². The van der Waals surface area contributed by atoms with Crippen LogP contribution in [0.4, 0.5) is 13.2 Å². The summed E-state index contributed by atoms with van der Waals surface area (Å²) >= 11 is 0. The Morgan fingerprint density at radius 2 is 1.93 bits per heavy atom. The number of ether oxygens (including phenoxy) is 1. The summed E-state index contributed by atoms with van der Waals surface area (Å²) in [5.41, 5.74) is 0.811. The maximum Gasteiger partial charge on any atom is 0.416 e. The van der Waals surface area contributed by atoms with Gasteiger partial charge < -0.3 is 14.6 Å². The molecule has 1 aromatic heterocycles. The fourth-order valence-electron chi connectivity index (χ4n) is 3.66. The zero-order chi connectivity index (χ0) is 21.1. The molecule has 1 aliphatic rings. The molecule has 0 saturated carbocycles. The second-order valence-corrected chi connectivity index (χ2v) is 7.32. The van der Waals surface area contributed by atoms with Crippen LogP contribution in [0.15, 0.2) is 47.0 Å². The number of methoxy groups -OCH3 is 1. The number of aromatic nitrogens is 2. The van der Waals surface area contributed by atoms with E-state index >= 15 is 0 Å². The monoisotopic (exact) mass is 417 g/mol. The van der Waals surface area contributed by atoms with Gasteiger partial charge in [-0.1, -0.05) is 29.4 Å². The number of nitrogens with zero attached hydrogens (tertiary/aromatic N) is 2. The first-order chi connectivity index (χ1) is 14.4. The zero-order valence-corrected chi connectivity index (χ0v) is 16.5. The number of aryl methyl sites for hydroxylation is 2. The molecule has 0 unspecified atom stereocenters. The van der Waals surface area contributed by atoms with E-state index in [4.69, 9.17) is 9.26 Å². The van der Waals surface area contributed by atoms with E-state index in [1.54, 1.807) is 25.3 Å². The molecule has 158 valence electrons. The maximum atomic E-state index is 13.7. The van der Waals surface area contributed by atoms with E-state index in [1.165, 1.54) is 6.07 Å². The summed E-state index contributed by atoms with van der Waals surface area (Å²) in [6.45, 7) is 0.865. The number of nitrogens with one attached hydrogen (secondary N) is 1. The Balaban J connectivity index is 1.56. The van der Waals surface area contributed by atoms with Crippen molar-refractivity contribution in [2.45, 2.75) is 37.9 Å². The fraction of sp³-hybridized carbons (Fsp3) is 0.364. The molecule has 0 amide bonds. The Morgan fingerprint density at radius 3 is 2.60 bits per heavy atom. The highest BCUT2D eigenvalue weighted by Gasteiger charge is 2.34. The molecule has 2 aromatic carbocycles. The second kappa shape index (κ2) is 8.47. The topological polar surface area (TPSA) is 60.2 Å². The molecule has 8 heteroatoms. The smallest absolute Gasteiger partial charge is 0.416 e. The lowest BCUT2D eigenvalue weighted by Crippen LogP contribution is -2.13. The van der Waals surface area contributed by atoms with Crippen molar-refractivity contribution in [3.63, 3.8) is 0 Å². The predicted octanol–water partition coefficient (Wildman–Crippen LogP) is 4.97. The first-order valence-corrected chi connectivity index (χ1v) is 9.84. The van der Waals surface area contributed by atoms with Crippen molar-refractivity contribution >= 4 is 0 Å². The van der Waals surface area contributed by atoms with Gasteiger partial charge in [0.15, 0.2) is 0 Å². The van der Waals surface area contributed by atoms with Crippen molar-refractivity contribution in [1.82, 2.24) is 15.5 Å². The highest BCUT2D eigenvalue weighted by atomic mass is 19.4. The molecule has 3 aromatic rings. The normalized spacial score (nSPS) is 16.7. The third kappa shape index (κ3) is 4.48. The third-order valence-electron chi connectivity index (χ3n) is 5.32. The van der Waals surface area contributed by atoms with Crippen LogP contribution in [0.3, 0.4) is 0 Å². The van der Waals surface area contributed by atoms with Gasteiger partial charge in [-0.05, 0) is 61.6 Å². The van der Waals surface area contributed by atoms with E-state index < -0.39 is 11.7 Å². The molecule has 4 rings (SSSR count). The van der Waals surface area contributed by atoms with Gasteiger partial charge in [-0.25, -0.2) is 0 Å². The van der Waals surface area contributed by atoms with Crippen molar-refractivity contribution in [2.75, 3.05) is 13.7 Å². The molecular weight excluding hydrogens is 395 g/mol. The number of halogens is 3. The molecule has 0 aliphatic carbocycles. The van der Waals surface area contributed by atoms with Crippen LogP contribution < -0.4 is 10.1 Å². The van der Waals surface area contributed by atoms with E-state index in [0.717, 1.165) is 31.0 Å². The summed E-state index contributed by atoms with van der Waals surface area (Å²) in [5, 5.41) is 7.13. The van der Waals surface area contributed by atoms with Crippen molar-refractivity contribution in [3.05, 3.63) is 65.0 Å². The van der Waals surface area contributed by atoms with E-state index in [2.05, 4.69) is 15.5 Å². The van der Waals surface area contributed by atoms with Gasteiger partial charge in [-0.15, -0.1) is 0 Å². The number of rotatable bonds is 6. The van der Waals surface area contributed by atoms with Gasteiger partial charge in [-0.2, -0.15) is 18.2 Å². The highest BCUT2D eigenvalue weighted by molar-refractivity contribution is 5.57. The number of hydrogen-bond acceptors (Lipinski definition) is 5. The molecule has 1 fully saturated rings. The minimum atomic E-state index is -4.47. The van der Waals surface area contributed by atoms with Crippen LogP contribution in [0.1, 0.15) is 41.5 Å². The summed E-state index contributed by atoms with van der Waals surface area (Å²) in [7, 11) is 1.57. The molecule has 0 spiro atoms. The second-order valence-electron chi connectivity index (χ2n) is 7.32. The van der Waals surface area contributed by atoms with Crippen LogP contribution >= 0.6 is 0 Å². The Morgan fingerprint density at radius 1 is 1.13 bits per heavy atom. The van der Waals surface area contributed by atoms with E-state index in [0.29, 0.717) is 23.6 Å². The Labute approximate surface area is 172 Å². The lowest BCUT2D eigenvalue weighted by atomic mass is 9.97. The van der Waals surface area contributed by atoms with Crippen molar-refractivity contribution < 1.29 is 22.4 Å². The molecule has 30 heavy (non-hydrogen) atoms. The van der Waals surface area contributed by atoms with Crippen LogP contribution in [0.2, 0.25) is 0 Å². The Bertz CT molecular complexity index is 994. The van der Waals surface area contributed by atoms with Gasteiger partial charge in [0.05, 0.1) is 18.7 Å². The number of alkyl halides is 3. The van der Waals surface area contributed by atoms with Gasteiger partial charge in [0.2, 0.25) is 11.7 Å². The van der Waals surface area contributed by atoms with Gasteiger partial charge in [0.25, 0.3) is 0 Å². The third-order valence-corrected chi connectivity index (χ3v) is 5.32. The zero-order valence-electron chi connectivity index (χ0n) is 16.5. The molecule has 1 saturated heterocycles. The lowest BCUT2D eigenvalue weighted by molar-refractivity contribution is -0.138. The molecule has 1 aliphatic heterocycles. The maximum absolute atomic E-state index is 13.7. The van der Waals surface area contributed by atoms with Crippen LogP contribution in [0.5, 0.6) is 5.75 Å². The molecule has 2 heterocycles. The quantitative estimate of drug-likeness (QED) is 0.613. The largest absolute Gasteiger partial charge is 0.497 e. The minimum absolute atomic E-state index is 0.0305. The van der Waals surface area contributed by atoms with Crippen molar-refractivity contribution in [3.8, 4) is 17.1 Å². The van der Waals surface area contributed by atoms with Crippen LogP contribution in [0, 0.1) is 0 Å². The SMILES string of the molecule is COc1ccc(CCc2ccc(-c3noc([C@@H]4CCCN4)n3)cc2C(F)(F)F)cc1. The van der Waals surface area contributed by atoms with Crippen LogP contribution in [-0.2, 0) is 19.0 Å². The van der Waals surface area contributed by atoms with E-state index in [1.807, 2.05) is 12.1 Å². The van der Waals surface area contributed by atoms with Crippen LogP contribution in [0.25, 0.3) is 11.4 Å². The summed E-state index contributed by atoms with van der Waals surface area (Å²) in [6.07, 6.45) is -1.83. The van der Waals surface area contributed by atoms with Crippen LogP contribution in [-0.4, -0.2) is 23.8 Å². The summed E-state index contributed by atoms with van der Waals surface area (Å²) in [5.74, 6) is 1.30. The molecule has 0 bridgehead atoms. The molecule has 1 N–H and O–H groups in total. The average Bonchev–Trinajstić information content (AvgIpc) is 3.43. The molecule has 0 radical (unpaired) electrons. The predicted molar refractivity (Wildman–Crippen MR) is 105 cm³/mol. The van der Waals surface area contributed by atoms with Gasteiger partial charge in [-0.3, -0.25) is 0 Å². The molecular formula is C22H22F3N3O2. The first kappa shape index (κ1) is 20.4. The van der Waals surface area contributed by atoms with Gasteiger partial charge >= 0.3 is 6.18 Å².